The number of benzene rings is 1. The van der Waals surface area contributed by atoms with E-state index in [1.165, 1.54) is 9.75 Å². The fraction of sp³-hybridized carbons (Fsp3) is 0.333. The Kier molecular flexibility index (Phi) is 5.03. The predicted octanol–water partition coefficient (Wildman–Crippen LogP) is 3.53. The molecule has 1 aromatic carbocycles. The summed E-state index contributed by atoms with van der Waals surface area (Å²) >= 11 is 1.76. The van der Waals surface area contributed by atoms with Crippen molar-refractivity contribution in [2.24, 2.45) is 0 Å². The zero-order chi connectivity index (χ0) is 15.5. The van der Waals surface area contributed by atoms with Crippen LogP contribution in [0.2, 0.25) is 0 Å². The van der Waals surface area contributed by atoms with Gasteiger partial charge < -0.3 is 5.32 Å². The quantitative estimate of drug-likeness (QED) is 0.854. The monoisotopic (exact) mass is 324 g/mol. The standard InChI is InChI=1S/C15H20N2O2S2/c1-4-16-21(18,19)14-8-6-13(7-9-14)17-12(3)15-10-5-11(2)20-15/h5-10,12,16-17H,4H2,1-3H3. The van der Waals surface area contributed by atoms with E-state index in [1.54, 1.807) is 42.5 Å². The first kappa shape index (κ1) is 16.0. The molecule has 6 heteroatoms. The molecule has 0 amide bonds. The molecular formula is C15H20N2O2S2. The second-order valence-corrected chi connectivity index (χ2v) is 7.93. The van der Waals surface area contributed by atoms with Gasteiger partial charge in [-0.3, -0.25) is 0 Å². The number of sulfonamides is 1. The summed E-state index contributed by atoms with van der Waals surface area (Å²) in [5.41, 5.74) is 0.906. The fourth-order valence-electron chi connectivity index (χ4n) is 2.01. The van der Waals surface area contributed by atoms with Crippen LogP contribution in [0.5, 0.6) is 0 Å². The Morgan fingerprint density at radius 3 is 2.33 bits per heavy atom. The Bertz CT molecular complexity index is 691. The van der Waals surface area contributed by atoms with Crippen LogP contribution < -0.4 is 10.0 Å². The molecular weight excluding hydrogens is 304 g/mol. The second-order valence-electron chi connectivity index (χ2n) is 4.84. The van der Waals surface area contributed by atoms with Gasteiger partial charge in [0.15, 0.2) is 0 Å². The van der Waals surface area contributed by atoms with Gasteiger partial charge in [0.1, 0.15) is 0 Å². The molecule has 0 aliphatic carbocycles. The van der Waals surface area contributed by atoms with Gasteiger partial charge in [-0.2, -0.15) is 0 Å². The number of hydrogen-bond donors (Lipinski definition) is 2. The van der Waals surface area contributed by atoms with Crippen LogP contribution in [0.15, 0.2) is 41.3 Å². The number of nitrogens with one attached hydrogen (secondary N) is 2. The molecule has 0 fully saturated rings. The summed E-state index contributed by atoms with van der Waals surface area (Å²) in [5, 5.41) is 3.38. The van der Waals surface area contributed by atoms with Crippen molar-refractivity contribution in [3.8, 4) is 0 Å². The normalized spacial score (nSPS) is 13.1. The van der Waals surface area contributed by atoms with E-state index in [1.807, 2.05) is 0 Å². The van der Waals surface area contributed by atoms with Crippen LogP contribution in [0.4, 0.5) is 5.69 Å². The zero-order valence-corrected chi connectivity index (χ0v) is 14.0. The number of anilines is 1. The molecule has 1 aromatic heterocycles. The van der Waals surface area contributed by atoms with Gasteiger partial charge in [-0.25, -0.2) is 13.1 Å². The van der Waals surface area contributed by atoms with E-state index in [2.05, 4.69) is 36.0 Å². The van der Waals surface area contributed by atoms with Gasteiger partial charge in [0, 0.05) is 22.0 Å². The van der Waals surface area contributed by atoms with Gasteiger partial charge >= 0.3 is 0 Å². The average Bonchev–Trinajstić information content (AvgIpc) is 2.86. The lowest BCUT2D eigenvalue weighted by Gasteiger charge is -2.14. The molecule has 4 nitrogen and oxygen atoms in total. The third kappa shape index (κ3) is 4.06. The Morgan fingerprint density at radius 2 is 1.81 bits per heavy atom. The van der Waals surface area contributed by atoms with E-state index >= 15 is 0 Å². The number of aryl methyl sites for hydroxylation is 1. The summed E-state index contributed by atoms with van der Waals surface area (Å²) in [7, 11) is -3.38. The number of rotatable bonds is 6. The molecule has 0 saturated heterocycles. The number of hydrogen-bond acceptors (Lipinski definition) is 4. The molecule has 2 aromatic rings. The Labute approximate surface area is 130 Å². The van der Waals surface area contributed by atoms with Gasteiger partial charge in [-0.1, -0.05) is 6.92 Å². The molecule has 114 valence electrons. The molecule has 0 radical (unpaired) electrons. The van der Waals surface area contributed by atoms with Crippen molar-refractivity contribution < 1.29 is 8.42 Å². The molecule has 21 heavy (non-hydrogen) atoms. The van der Waals surface area contributed by atoms with Crippen molar-refractivity contribution in [2.45, 2.75) is 31.7 Å². The van der Waals surface area contributed by atoms with E-state index in [0.717, 1.165) is 5.69 Å². The first-order valence-electron chi connectivity index (χ1n) is 6.85. The molecule has 0 saturated carbocycles. The van der Waals surface area contributed by atoms with Gasteiger partial charge in [0.25, 0.3) is 0 Å². The Balaban J connectivity index is 2.09. The van der Waals surface area contributed by atoms with Crippen LogP contribution in [0.25, 0.3) is 0 Å². The zero-order valence-electron chi connectivity index (χ0n) is 12.4. The van der Waals surface area contributed by atoms with Crippen LogP contribution >= 0.6 is 11.3 Å². The van der Waals surface area contributed by atoms with Crippen molar-refractivity contribution in [2.75, 3.05) is 11.9 Å². The smallest absolute Gasteiger partial charge is 0.240 e. The minimum Gasteiger partial charge on any atom is -0.378 e. The highest BCUT2D eigenvalue weighted by atomic mass is 32.2. The molecule has 0 bridgehead atoms. The molecule has 2 N–H and O–H groups in total. The fourth-order valence-corrected chi connectivity index (χ4v) is 3.93. The molecule has 2 rings (SSSR count). The summed E-state index contributed by atoms with van der Waals surface area (Å²) in [6.45, 7) is 6.32. The lowest BCUT2D eigenvalue weighted by atomic mass is 10.2. The summed E-state index contributed by atoms with van der Waals surface area (Å²) in [6, 6.07) is 11.2. The topological polar surface area (TPSA) is 58.2 Å². The Morgan fingerprint density at radius 1 is 1.14 bits per heavy atom. The van der Waals surface area contributed by atoms with Crippen LogP contribution in [0.3, 0.4) is 0 Å². The van der Waals surface area contributed by atoms with Gasteiger partial charge in [0.2, 0.25) is 10.0 Å². The summed E-state index contributed by atoms with van der Waals surface area (Å²) in [6.07, 6.45) is 0. The average molecular weight is 324 g/mol. The van der Waals surface area contributed by atoms with Crippen molar-refractivity contribution in [3.05, 3.63) is 46.2 Å². The number of thiophene rings is 1. The molecule has 0 spiro atoms. The van der Waals surface area contributed by atoms with E-state index in [-0.39, 0.29) is 10.9 Å². The third-order valence-electron chi connectivity index (χ3n) is 3.07. The molecule has 1 atom stereocenters. The SMILES string of the molecule is CCNS(=O)(=O)c1ccc(NC(C)c2ccc(C)s2)cc1. The van der Waals surface area contributed by atoms with Crippen molar-refractivity contribution in [1.82, 2.24) is 4.72 Å². The van der Waals surface area contributed by atoms with Crippen molar-refractivity contribution in [3.63, 3.8) is 0 Å². The van der Waals surface area contributed by atoms with E-state index < -0.39 is 10.0 Å². The van der Waals surface area contributed by atoms with Gasteiger partial charge in [-0.05, 0) is 50.2 Å². The van der Waals surface area contributed by atoms with Crippen molar-refractivity contribution in [1.29, 1.82) is 0 Å². The molecule has 0 aliphatic heterocycles. The lowest BCUT2D eigenvalue weighted by molar-refractivity contribution is 0.584. The van der Waals surface area contributed by atoms with Crippen LogP contribution in [-0.4, -0.2) is 15.0 Å². The highest BCUT2D eigenvalue weighted by Gasteiger charge is 2.13. The van der Waals surface area contributed by atoms with E-state index in [9.17, 15) is 8.42 Å². The van der Waals surface area contributed by atoms with Crippen LogP contribution in [-0.2, 0) is 10.0 Å². The first-order valence-corrected chi connectivity index (χ1v) is 9.15. The minimum absolute atomic E-state index is 0.194. The van der Waals surface area contributed by atoms with E-state index in [4.69, 9.17) is 0 Å². The molecule has 1 unspecified atom stereocenters. The predicted molar refractivity (Wildman–Crippen MR) is 88.4 cm³/mol. The summed E-state index contributed by atoms with van der Waals surface area (Å²) in [5.74, 6) is 0. The van der Waals surface area contributed by atoms with Crippen LogP contribution in [0.1, 0.15) is 29.6 Å². The summed E-state index contributed by atoms with van der Waals surface area (Å²) < 4.78 is 26.2. The third-order valence-corrected chi connectivity index (χ3v) is 5.81. The summed E-state index contributed by atoms with van der Waals surface area (Å²) in [4.78, 5) is 2.83. The maximum atomic E-state index is 11.9. The lowest BCUT2D eigenvalue weighted by Crippen LogP contribution is -2.23. The maximum Gasteiger partial charge on any atom is 0.240 e. The largest absolute Gasteiger partial charge is 0.378 e. The van der Waals surface area contributed by atoms with Crippen LogP contribution in [0, 0.1) is 6.92 Å². The van der Waals surface area contributed by atoms with Gasteiger partial charge in [-0.15, -0.1) is 11.3 Å². The molecule has 1 heterocycles. The maximum absolute atomic E-state index is 11.9. The Hall–Kier alpha value is -1.37. The van der Waals surface area contributed by atoms with Gasteiger partial charge in [0.05, 0.1) is 10.9 Å². The minimum atomic E-state index is -3.38. The molecule has 0 aliphatic rings. The second kappa shape index (κ2) is 6.60. The van der Waals surface area contributed by atoms with E-state index in [0.29, 0.717) is 6.54 Å². The van der Waals surface area contributed by atoms with Crippen molar-refractivity contribution >= 4 is 27.0 Å². The highest BCUT2D eigenvalue weighted by molar-refractivity contribution is 7.89. The first-order chi connectivity index (χ1) is 9.92. The highest BCUT2D eigenvalue weighted by Crippen LogP contribution is 2.26.